The molecule has 0 aromatic heterocycles. The van der Waals surface area contributed by atoms with Crippen LogP contribution >= 0.6 is 24.0 Å². The Morgan fingerprint density at radius 2 is 1.85 bits per heavy atom. The molecule has 1 aliphatic carbocycles. The first-order valence-corrected chi connectivity index (χ1v) is 11.9. The first-order chi connectivity index (χ1) is 12.4. The number of aliphatic imine (C=N–C) groups is 1. The van der Waals surface area contributed by atoms with Crippen molar-refractivity contribution in [2.75, 3.05) is 25.4 Å². The minimum absolute atomic E-state index is 0. The Hall–Kier alpha value is 0.110. The number of hydrogen-bond donors (Lipinski definition) is 2. The molecule has 1 aliphatic rings. The van der Waals surface area contributed by atoms with E-state index in [2.05, 4.69) is 50.2 Å². The summed E-state index contributed by atoms with van der Waals surface area (Å²) in [5.41, 5.74) is 0. The molecule has 3 atom stereocenters. The molecule has 0 bridgehead atoms. The summed E-state index contributed by atoms with van der Waals surface area (Å²) in [6.45, 7) is 15.9. The Morgan fingerprint density at radius 1 is 1.19 bits per heavy atom. The summed E-state index contributed by atoms with van der Waals surface area (Å²) < 4.78 is 12.1. The lowest BCUT2D eigenvalue weighted by Crippen LogP contribution is -2.46. The second-order valence-corrected chi connectivity index (χ2v) is 9.84. The lowest BCUT2D eigenvalue weighted by atomic mass is 9.95. The molecule has 1 saturated carbocycles. The van der Waals surface area contributed by atoms with Gasteiger partial charge >= 0.3 is 0 Å². The Bertz CT molecular complexity index is 438. The molecule has 5 nitrogen and oxygen atoms in total. The fourth-order valence-corrected chi connectivity index (χ4v) is 5.17. The molecular formula is C20H43IN4OS. The summed E-state index contributed by atoms with van der Waals surface area (Å²) in [6, 6.07) is 1.54. The van der Waals surface area contributed by atoms with Crippen molar-refractivity contribution in [2.24, 2.45) is 4.99 Å². The van der Waals surface area contributed by atoms with E-state index in [4.69, 9.17) is 4.99 Å². The topological polar surface area (TPSA) is 56.7 Å². The third-order valence-corrected chi connectivity index (χ3v) is 6.88. The van der Waals surface area contributed by atoms with Gasteiger partial charge in [-0.25, -0.2) is 0 Å². The summed E-state index contributed by atoms with van der Waals surface area (Å²) in [5, 5.41) is 7.31. The molecule has 7 heteroatoms. The zero-order valence-electron chi connectivity index (χ0n) is 18.3. The fraction of sp³-hybridized carbons (Fsp3) is 0.950. The predicted molar refractivity (Wildman–Crippen MR) is 131 cm³/mol. The number of hydrogen-bond acceptors (Lipinski definition) is 3. The summed E-state index contributed by atoms with van der Waals surface area (Å²) in [5.74, 6) is 1.69. The minimum atomic E-state index is -0.680. The van der Waals surface area contributed by atoms with Gasteiger partial charge in [-0.1, -0.05) is 13.3 Å². The third kappa shape index (κ3) is 10.5. The molecule has 2 N–H and O–H groups in total. The van der Waals surface area contributed by atoms with E-state index in [0.29, 0.717) is 23.4 Å². The molecule has 0 radical (unpaired) electrons. The smallest absolute Gasteiger partial charge is 0.191 e. The highest BCUT2D eigenvalue weighted by Gasteiger charge is 2.26. The van der Waals surface area contributed by atoms with Gasteiger partial charge in [0.05, 0.1) is 0 Å². The summed E-state index contributed by atoms with van der Waals surface area (Å²) >= 11 is 0. The maximum atomic E-state index is 12.1. The van der Waals surface area contributed by atoms with Crippen molar-refractivity contribution in [3.05, 3.63) is 0 Å². The molecular weight excluding hydrogens is 471 g/mol. The lowest BCUT2D eigenvalue weighted by Gasteiger charge is -2.31. The summed E-state index contributed by atoms with van der Waals surface area (Å²) in [6.07, 6.45) is 5.48. The Kier molecular flexibility index (Phi) is 15.1. The van der Waals surface area contributed by atoms with Gasteiger partial charge in [-0.3, -0.25) is 14.1 Å². The number of guanidine groups is 1. The Morgan fingerprint density at radius 3 is 2.41 bits per heavy atom. The molecule has 0 aromatic rings. The van der Waals surface area contributed by atoms with E-state index in [9.17, 15) is 4.21 Å². The predicted octanol–water partition coefficient (Wildman–Crippen LogP) is 3.75. The number of nitrogens with one attached hydrogen (secondary N) is 2. The Labute approximate surface area is 187 Å². The van der Waals surface area contributed by atoms with E-state index in [0.717, 1.165) is 63.5 Å². The quantitative estimate of drug-likeness (QED) is 0.202. The summed E-state index contributed by atoms with van der Waals surface area (Å²) in [4.78, 5) is 7.30. The van der Waals surface area contributed by atoms with Crippen molar-refractivity contribution in [3.8, 4) is 0 Å². The molecule has 3 unspecified atom stereocenters. The van der Waals surface area contributed by atoms with Gasteiger partial charge in [-0.05, 0) is 60.3 Å². The van der Waals surface area contributed by atoms with Gasteiger partial charge in [-0.2, -0.15) is 0 Å². The SMILES string of the molecule is CCNC(=NCCCN(C(C)C)C(C)C)NC1CCCC(S(=O)CC)C1.I. The van der Waals surface area contributed by atoms with Gasteiger partial charge in [0.2, 0.25) is 0 Å². The molecule has 0 heterocycles. The van der Waals surface area contributed by atoms with Gasteiger partial charge in [0.25, 0.3) is 0 Å². The highest BCUT2D eigenvalue weighted by Crippen LogP contribution is 2.23. The van der Waals surface area contributed by atoms with Gasteiger partial charge in [-0.15, -0.1) is 24.0 Å². The first kappa shape index (κ1) is 27.1. The second kappa shape index (κ2) is 15.0. The molecule has 0 saturated heterocycles. The molecule has 27 heavy (non-hydrogen) atoms. The van der Waals surface area contributed by atoms with E-state index < -0.39 is 10.8 Å². The van der Waals surface area contributed by atoms with Crippen molar-refractivity contribution in [2.45, 2.75) is 97.0 Å². The third-order valence-electron chi connectivity index (χ3n) is 5.14. The monoisotopic (exact) mass is 514 g/mol. The average Bonchev–Trinajstić information content (AvgIpc) is 2.60. The maximum Gasteiger partial charge on any atom is 0.191 e. The second-order valence-electron chi connectivity index (χ2n) is 7.84. The number of halogens is 1. The van der Waals surface area contributed by atoms with Crippen LogP contribution in [0.15, 0.2) is 4.99 Å². The van der Waals surface area contributed by atoms with Gasteiger partial charge < -0.3 is 10.6 Å². The highest BCUT2D eigenvalue weighted by molar-refractivity contribution is 14.0. The van der Waals surface area contributed by atoms with E-state index in [1.165, 1.54) is 0 Å². The summed E-state index contributed by atoms with van der Waals surface area (Å²) in [7, 11) is -0.680. The van der Waals surface area contributed by atoms with Crippen molar-refractivity contribution >= 4 is 40.7 Å². The van der Waals surface area contributed by atoms with Crippen molar-refractivity contribution in [1.82, 2.24) is 15.5 Å². The molecule has 0 spiro atoms. The van der Waals surface area contributed by atoms with Crippen LogP contribution in [0.5, 0.6) is 0 Å². The minimum Gasteiger partial charge on any atom is -0.357 e. The van der Waals surface area contributed by atoms with Crippen LogP contribution < -0.4 is 10.6 Å². The van der Waals surface area contributed by atoms with E-state index in [1.807, 2.05) is 6.92 Å². The average molecular weight is 515 g/mol. The van der Waals surface area contributed by atoms with Crippen LogP contribution in [-0.2, 0) is 10.8 Å². The zero-order valence-corrected chi connectivity index (χ0v) is 21.4. The van der Waals surface area contributed by atoms with Crippen LogP contribution in [-0.4, -0.2) is 63.8 Å². The Balaban J connectivity index is 0.00000676. The molecule has 1 fully saturated rings. The highest BCUT2D eigenvalue weighted by atomic mass is 127. The molecule has 162 valence electrons. The number of nitrogens with zero attached hydrogens (tertiary/aromatic N) is 2. The number of rotatable bonds is 10. The van der Waals surface area contributed by atoms with E-state index in [1.54, 1.807) is 0 Å². The van der Waals surface area contributed by atoms with E-state index in [-0.39, 0.29) is 24.0 Å². The normalized spacial score (nSPS) is 22.0. The van der Waals surface area contributed by atoms with Crippen LogP contribution in [0.25, 0.3) is 0 Å². The lowest BCUT2D eigenvalue weighted by molar-refractivity contribution is 0.174. The van der Waals surface area contributed by atoms with Crippen LogP contribution in [0.3, 0.4) is 0 Å². The largest absolute Gasteiger partial charge is 0.357 e. The van der Waals surface area contributed by atoms with Crippen molar-refractivity contribution in [3.63, 3.8) is 0 Å². The van der Waals surface area contributed by atoms with E-state index >= 15 is 0 Å². The van der Waals surface area contributed by atoms with Gasteiger partial charge in [0.1, 0.15) is 0 Å². The van der Waals surface area contributed by atoms with Crippen molar-refractivity contribution in [1.29, 1.82) is 0 Å². The van der Waals surface area contributed by atoms with Gasteiger partial charge in [0.15, 0.2) is 5.96 Å². The molecule has 0 amide bonds. The molecule has 1 rings (SSSR count). The standard InChI is InChI=1S/C20H42N4OS.HI/c1-7-21-20(22-13-10-14-24(16(3)4)17(5)6)23-18-11-9-12-19(15-18)26(25)8-2;/h16-19H,7-15H2,1-6H3,(H2,21,22,23);1H. The maximum absolute atomic E-state index is 12.1. The van der Waals surface area contributed by atoms with Crippen LogP contribution in [0.2, 0.25) is 0 Å². The van der Waals surface area contributed by atoms with Crippen LogP contribution in [0, 0.1) is 0 Å². The van der Waals surface area contributed by atoms with Gasteiger partial charge in [0, 0.05) is 59.6 Å². The first-order valence-electron chi connectivity index (χ1n) is 10.6. The van der Waals surface area contributed by atoms with Crippen LogP contribution in [0.4, 0.5) is 0 Å². The zero-order chi connectivity index (χ0) is 19.5. The fourth-order valence-electron chi connectivity index (χ4n) is 3.82. The van der Waals surface area contributed by atoms with Crippen molar-refractivity contribution < 1.29 is 4.21 Å². The molecule has 0 aromatic carbocycles. The van der Waals surface area contributed by atoms with Crippen LogP contribution in [0.1, 0.15) is 73.6 Å². The molecule has 0 aliphatic heterocycles.